The molecular formula is C25H24N2O5S. The van der Waals surface area contributed by atoms with Crippen LogP contribution < -0.4 is 24.4 Å². The normalized spacial score (nSPS) is 15.6. The lowest BCUT2D eigenvalue weighted by Crippen LogP contribution is -2.40. The Labute approximate surface area is 194 Å². The van der Waals surface area contributed by atoms with Crippen molar-refractivity contribution < 1.29 is 19.0 Å². The Morgan fingerprint density at radius 3 is 2.45 bits per heavy atom. The van der Waals surface area contributed by atoms with Gasteiger partial charge in [0.1, 0.15) is 17.5 Å². The molecule has 8 heteroatoms. The molecule has 2 aromatic carbocycles. The number of nitrogens with zero attached hydrogens (tertiary/aromatic N) is 2. The maximum absolute atomic E-state index is 13.7. The molecular weight excluding hydrogens is 440 g/mol. The second-order valence-corrected chi connectivity index (χ2v) is 8.30. The molecule has 2 heterocycles. The highest BCUT2D eigenvalue weighted by Crippen LogP contribution is 2.35. The molecule has 0 spiro atoms. The van der Waals surface area contributed by atoms with Crippen LogP contribution in [0.2, 0.25) is 0 Å². The number of methoxy groups -OCH3 is 2. The summed E-state index contributed by atoms with van der Waals surface area (Å²) in [6, 6.07) is 14.1. The van der Waals surface area contributed by atoms with Crippen LogP contribution in [-0.4, -0.2) is 31.4 Å². The second-order valence-electron chi connectivity index (χ2n) is 7.29. The first-order chi connectivity index (χ1) is 16.0. The molecule has 0 bridgehead atoms. The number of fused-ring (bicyclic) bond motifs is 1. The second kappa shape index (κ2) is 9.46. The molecule has 3 aromatic rings. The monoisotopic (exact) mass is 464 g/mol. The minimum Gasteiger partial charge on any atom is -0.496 e. The number of rotatable bonds is 6. The van der Waals surface area contributed by atoms with E-state index in [9.17, 15) is 9.59 Å². The lowest BCUT2D eigenvalue weighted by Gasteiger charge is -2.25. The van der Waals surface area contributed by atoms with Crippen LogP contribution in [0.5, 0.6) is 11.5 Å². The largest absolute Gasteiger partial charge is 0.496 e. The van der Waals surface area contributed by atoms with E-state index in [-0.39, 0.29) is 12.2 Å². The Morgan fingerprint density at radius 1 is 1.09 bits per heavy atom. The minimum atomic E-state index is -0.726. The first-order valence-electron chi connectivity index (χ1n) is 10.5. The molecule has 4 rings (SSSR count). The van der Waals surface area contributed by atoms with Gasteiger partial charge in [-0.2, -0.15) is 0 Å². The summed E-state index contributed by atoms with van der Waals surface area (Å²) in [5.41, 5.74) is 2.03. The molecule has 1 atom stereocenters. The lowest BCUT2D eigenvalue weighted by atomic mass is 9.95. The van der Waals surface area contributed by atoms with Gasteiger partial charge in [-0.05, 0) is 32.1 Å². The number of aromatic nitrogens is 1. The lowest BCUT2D eigenvalue weighted by molar-refractivity contribution is -0.139. The van der Waals surface area contributed by atoms with Crippen molar-refractivity contribution >= 4 is 23.4 Å². The molecule has 7 nitrogen and oxygen atoms in total. The maximum atomic E-state index is 13.7. The first kappa shape index (κ1) is 22.5. The maximum Gasteiger partial charge on any atom is 0.338 e. The molecule has 0 amide bonds. The molecule has 1 aliphatic heterocycles. The number of hydrogen-bond donors (Lipinski definition) is 0. The van der Waals surface area contributed by atoms with Crippen LogP contribution in [0.15, 0.2) is 69.6 Å². The zero-order chi connectivity index (χ0) is 23.5. The topological polar surface area (TPSA) is 79.1 Å². The average molecular weight is 465 g/mol. The van der Waals surface area contributed by atoms with Gasteiger partial charge in [-0.3, -0.25) is 9.36 Å². The van der Waals surface area contributed by atoms with Gasteiger partial charge in [-0.15, -0.1) is 0 Å². The number of carbonyl (C=O) groups excluding carboxylic acids is 1. The van der Waals surface area contributed by atoms with Gasteiger partial charge in [0.25, 0.3) is 5.56 Å². The van der Waals surface area contributed by atoms with Crippen molar-refractivity contribution in [2.45, 2.75) is 19.9 Å². The Bertz CT molecular complexity index is 1420. The molecule has 0 aliphatic carbocycles. The number of hydrogen-bond acceptors (Lipinski definition) is 7. The van der Waals surface area contributed by atoms with Gasteiger partial charge in [-0.1, -0.05) is 47.7 Å². The van der Waals surface area contributed by atoms with E-state index in [1.807, 2.05) is 42.5 Å². The molecule has 0 fully saturated rings. The van der Waals surface area contributed by atoms with E-state index in [1.165, 1.54) is 11.3 Å². The quantitative estimate of drug-likeness (QED) is 0.524. The van der Waals surface area contributed by atoms with Gasteiger partial charge in [0.2, 0.25) is 0 Å². The fraction of sp³-hybridized carbons (Fsp3) is 0.240. The van der Waals surface area contributed by atoms with Crippen molar-refractivity contribution in [3.63, 3.8) is 0 Å². The third kappa shape index (κ3) is 4.09. The van der Waals surface area contributed by atoms with Crippen LogP contribution in [-0.2, 0) is 9.53 Å². The predicted octanol–water partition coefficient (Wildman–Crippen LogP) is 2.82. The number of esters is 1. The minimum absolute atomic E-state index is 0.215. The highest BCUT2D eigenvalue weighted by molar-refractivity contribution is 7.07. The van der Waals surface area contributed by atoms with Crippen LogP contribution in [0.4, 0.5) is 0 Å². The number of allylic oxidation sites excluding steroid dienone is 1. The summed E-state index contributed by atoms with van der Waals surface area (Å²) < 4.78 is 18.4. The SMILES string of the molecule is CCOC(=O)C1=C(C)N=c2s/c(=C\c3ccccc3OC)c(=O)n2[C@H]1c1ccccc1OC. The molecule has 0 radical (unpaired) electrons. The fourth-order valence-electron chi connectivity index (χ4n) is 3.90. The van der Waals surface area contributed by atoms with Gasteiger partial charge < -0.3 is 14.2 Å². The summed E-state index contributed by atoms with van der Waals surface area (Å²) in [4.78, 5) is 31.7. The zero-order valence-electron chi connectivity index (χ0n) is 18.8. The highest BCUT2D eigenvalue weighted by atomic mass is 32.1. The summed E-state index contributed by atoms with van der Waals surface area (Å²) in [5.74, 6) is 0.722. The Balaban J connectivity index is 2.00. The summed E-state index contributed by atoms with van der Waals surface area (Å²) in [6.07, 6.45) is 1.78. The zero-order valence-corrected chi connectivity index (χ0v) is 19.6. The van der Waals surface area contributed by atoms with E-state index in [0.717, 1.165) is 5.56 Å². The van der Waals surface area contributed by atoms with Crippen LogP contribution in [0, 0.1) is 0 Å². The van der Waals surface area contributed by atoms with Gasteiger partial charge in [0, 0.05) is 11.1 Å². The van der Waals surface area contributed by atoms with Crippen LogP contribution in [0.1, 0.15) is 31.0 Å². The van der Waals surface area contributed by atoms with E-state index in [2.05, 4.69) is 4.99 Å². The van der Waals surface area contributed by atoms with Gasteiger partial charge in [0.15, 0.2) is 4.80 Å². The summed E-state index contributed by atoms with van der Waals surface area (Å²) >= 11 is 1.26. The molecule has 33 heavy (non-hydrogen) atoms. The highest BCUT2D eigenvalue weighted by Gasteiger charge is 2.34. The summed E-state index contributed by atoms with van der Waals surface area (Å²) in [5, 5.41) is 0. The molecule has 1 aliphatic rings. The standard InChI is InChI=1S/C25H24N2O5S/c1-5-32-24(29)21-15(2)26-25-27(22(21)17-11-7-9-13-19(17)31-4)23(28)20(33-25)14-16-10-6-8-12-18(16)30-3/h6-14,22H,5H2,1-4H3/b20-14-/t22-/m0/s1. The fourth-order valence-corrected chi connectivity index (χ4v) is 4.94. The van der Waals surface area contributed by atoms with Crippen molar-refractivity contribution in [2.75, 3.05) is 20.8 Å². The van der Waals surface area contributed by atoms with E-state index in [1.54, 1.807) is 44.8 Å². The molecule has 1 aromatic heterocycles. The first-order valence-corrected chi connectivity index (χ1v) is 11.3. The number of para-hydroxylation sites is 2. The van der Waals surface area contributed by atoms with E-state index in [0.29, 0.717) is 37.7 Å². The number of carbonyl (C=O) groups is 1. The van der Waals surface area contributed by atoms with Gasteiger partial charge in [-0.25, -0.2) is 9.79 Å². The van der Waals surface area contributed by atoms with Gasteiger partial charge >= 0.3 is 5.97 Å². The third-order valence-corrected chi connectivity index (χ3v) is 6.36. The van der Waals surface area contributed by atoms with Crippen LogP contribution >= 0.6 is 11.3 Å². The van der Waals surface area contributed by atoms with Crippen LogP contribution in [0.25, 0.3) is 6.08 Å². The molecule has 0 saturated carbocycles. The Hall–Kier alpha value is -3.65. The van der Waals surface area contributed by atoms with E-state index < -0.39 is 12.0 Å². The van der Waals surface area contributed by atoms with E-state index >= 15 is 0 Å². The van der Waals surface area contributed by atoms with E-state index in [4.69, 9.17) is 14.2 Å². The van der Waals surface area contributed by atoms with Crippen molar-refractivity contribution in [3.05, 3.63) is 90.6 Å². The summed E-state index contributed by atoms with van der Waals surface area (Å²) in [7, 11) is 3.15. The Kier molecular flexibility index (Phi) is 6.46. The molecule has 170 valence electrons. The average Bonchev–Trinajstić information content (AvgIpc) is 3.13. The number of ether oxygens (including phenoxy) is 3. The van der Waals surface area contributed by atoms with Gasteiger partial charge in [0.05, 0.1) is 36.6 Å². The third-order valence-electron chi connectivity index (χ3n) is 5.38. The van der Waals surface area contributed by atoms with Crippen molar-refractivity contribution in [1.82, 2.24) is 4.57 Å². The number of thiazole rings is 1. The molecule has 0 N–H and O–H groups in total. The number of benzene rings is 2. The molecule has 0 saturated heterocycles. The molecule has 0 unspecified atom stereocenters. The van der Waals surface area contributed by atoms with Crippen molar-refractivity contribution in [3.8, 4) is 11.5 Å². The predicted molar refractivity (Wildman–Crippen MR) is 126 cm³/mol. The Morgan fingerprint density at radius 2 is 1.76 bits per heavy atom. The smallest absolute Gasteiger partial charge is 0.338 e. The summed E-state index contributed by atoms with van der Waals surface area (Å²) in [6.45, 7) is 3.72. The van der Waals surface area contributed by atoms with Crippen LogP contribution in [0.3, 0.4) is 0 Å². The van der Waals surface area contributed by atoms with Crippen molar-refractivity contribution in [1.29, 1.82) is 0 Å². The van der Waals surface area contributed by atoms with Crippen molar-refractivity contribution in [2.24, 2.45) is 4.99 Å².